The van der Waals surface area contributed by atoms with E-state index < -0.39 is 22.7 Å². The molecule has 69 heavy (non-hydrogen) atoms. The van der Waals surface area contributed by atoms with Crippen LogP contribution in [0.3, 0.4) is 0 Å². The van der Waals surface area contributed by atoms with Crippen LogP contribution < -0.4 is 18.9 Å². The van der Waals surface area contributed by atoms with Crippen LogP contribution in [0, 0.1) is 27.9 Å². The summed E-state index contributed by atoms with van der Waals surface area (Å²) in [5.74, 6) is 0.454. The Bertz CT molecular complexity index is 2250. The number of aliphatic hydroxyl groups is 2. The van der Waals surface area contributed by atoms with Gasteiger partial charge in [0.05, 0.1) is 29.2 Å². The number of carbonyl (C=O) groups excluding carboxylic acids is 1. The van der Waals surface area contributed by atoms with Crippen LogP contribution >= 0.6 is 0 Å². The third-order valence-corrected chi connectivity index (χ3v) is 14.2. The molecule has 2 aliphatic carbocycles. The van der Waals surface area contributed by atoms with Crippen molar-refractivity contribution in [2.45, 2.75) is 147 Å². The number of nitrogens with zero attached hydrogens (tertiary/aromatic N) is 3. The number of rotatable bonds is 29. The Hall–Kier alpha value is -5.44. The van der Waals surface area contributed by atoms with E-state index in [1.54, 1.807) is 24.3 Å². The molecule has 3 aromatic rings. The molecule has 0 bridgehead atoms. The molecule has 1 amide bonds. The third kappa shape index (κ3) is 12.5. The van der Waals surface area contributed by atoms with Crippen molar-refractivity contribution in [1.82, 2.24) is 4.90 Å². The van der Waals surface area contributed by atoms with E-state index in [1.165, 1.54) is 44.2 Å². The SMILES string of the molecule is C=CCO[C@@]12Oc3ccc(Oc4cccc([N+](=O)[O-])c4)cc3[C@H]3[C@H](CCCCO)[C@@H](CCCCO)C=C(C(=NOCC)C[C@@H]1N(Cc1ccc4c(c1)OCO4)C(=O)CCCCCCCCCCC)[C@H]32. The highest BCUT2D eigenvalue weighted by Crippen LogP contribution is 2.62. The van der Waals surface area contributed by atoms with E-state index in [9.17, 15) is 20.3 Å². The van der Waals surface area contributed by atoms with Crippen LogP contribution in [0.2, 0.25) is 0 Å². The number of carbonyl (C=O) groups is 1. The lowest BCUT2D eigenvalue weighted by Gasteiger charge is -2.60. The number of nitro benzene ring substituents is 1. The molecule has 0 unspecified atom stereocenters. The standard InChI is InChI=1S/C55H73N3O11/c1-4-7-8-9-10-11-12-13-14-24-52(61)57(37-39-25-27-49-50(32-39)65-38-64-49)51-36-47(56-67-6-3)45-33-40(20-15-17-29-59)44(23-16-18-30-60)53-46-35-43(68-42-22-19-21-41(34-42)58(62)63)26-28-48(46)69-55(51,54(45)53)66-31-5-2/h5,19,21-22,25-28,32-35,40,44,51,53-54,59-60H,2,4,6-18,20,23-24,29-31,36-38H2,1,3H3/t40-,44+,51-,53+,54+,55+/m0/s1. The van der Waals surface area contributed by atoms with E-state index in [-0.39, 0.29) is 68.9 Å². The van der Waals surface area contributed by atoms with Crippen LogP contribution in [0.25, 0.3) is 0 Å². The average molecular weight is 952 g/mol. The predicted octanol–water partition coefficient (Wildman–Crippen LogP) is 11.7. The molecule has 3 aromatic carbocycles. The third-order valence-electron chi connectivity index (χ3n) is 14.2. The molecule has 2 aliphatic heterocycles. The van der Waals surface area contributed by atoms with Gasteiger partial charge in [-0.15, -0.1) is 6.58 Å². The van der Waals surface area contributed by atoms with Gasteiger partial charge in [-0.05, 0) is 98.4 Å². The van der Waals surface area contributed by atoms with Crippen molar-refractivity contribution in [3.8, 4) is 28.7 Å². The maximum absolute atomic E-state index is 15.3. The molecule has 2 heterocycles. The first-order valence-corrected chi connectivity index (χ1v) is 25.6. The Morgan fingerprint density at radius 3 is 2.35 bits per heavy atom. The van der Waals surface area contributed by atoms with Gasteiger partial charge in [0.1, 0.15) is 29.9 Å². The highest BCUT2D eigenvalue weighted by atomic mass is 16.7. The number of ether oxygens (including phenoxy) is 5. The number of unbranched alkanes of at least 4 members (excludes halogenated alkanes) is 10. The van der Waals surface area contributed by atoms with Crippen molar-refractivity contribution in [3.63, 3.8) is 0 Å². The molecule has 0 radical (unpaired) electrons. The number of allylic oxidation sites excluding steroid dienone is 1. The molecular formula is C55H73N3O11. The van der Waals surface area contributed by atoms with E-state index in [0.29, 0.717) is 54.6 Å². The van der Waals surface area contributed by atoms with Crippen molar-refractivity contribution in [3.05, 3.63) is 106 Å². The largest absolute Gasteiger partial charge is 0.459 e. The summed E-state index contributed by atoms with van der Waals surface area (Å²) in [6.07, 6.45) is 19.2. The Labute approximate surface area is 407 Å². The van der Waals surface area contributed by atoms with Gasteiger partial charge in [0.15, 0.2) is 11.5 Å². The zero-order chi connectivity index (χ0) is 48.6. The number of fused-ring (bicyclic) bond motifs is 3. The van der Waals surface area contributed by atoms with Gasteiger partial charge >= 0.3 is 0 Å². The molecule has 1 fully saturated rings. The lowest BCUT2D eigenvalue weighted by atomic mass is 9.55. The fraction of sp³-hybridized carbons (Fsp3) is 0.564. The van der Waals surface area contributed by atoms with E-state index in [1.807, 2.05) is 42.2 Å². The summed E-state index contributed by atoms with van der Waals surface area (Å²) < 4.78 is 32.6. The smallest absolute Gasteiger partial charge is 0.273 e. The van der Waals surface area contributed by atoms with Crippen molar-refractivity contribution >= 4 is 17.3 Å². The summed E-state index contributed by atoms with van der Waals surface area (Å²) in [5, 5.41) is 36.6. The molecule has 0 saturated heterocycles. The Balaban J connectivity index is 1.36. The number of hydrogen-bond donors (Lipinski definition) is 2. The predicted molar refractivity (Wildman–Crippen MR) is 265 cm³/mol. The van der Waals surface area contributed by atoms with Gasteiger partial charge in [-0.1, -0.05) is 101 Å². The molecular weight excluding hydrogens is 879 g/mol. The average Bonchev–Trinajstić information content (AvgIpc) is 3.83. The molecule has 14 nitrogen and oxygen atoms in total. The maximum atomic E-state index is 15.3. The first-order chi connectivity index (χ1) is 33.7. The molecule has 14 heteroatoms. The normalized spacial score (nSPS) is 22.5. The fourth-order valence-corrected chi connectivity index (χ4v) is 11.0. The van der Waals surface area contributed by atoms with E-state index >= 15 is 4.79 Å². The van der Waals surface area contributed by atoms with Crippen molar-refractivity contribution in [1.29, 1.82) is 0 Å². The summed E-state index contributed by atoms with van der Waals surface area (Å²) >= 11 is 0. The van der Waals surface area contributed by atoms with Gasteiger partial charge in [-0.25, -0.2) is 0 Å². The Kier molecular flexibility index (Phi) is 18.9. The second-order valence-electron chi connectivity index (χ2n) is 18.8. The molecule has 2 N–H and O–H groups in total. The van der Waals surface area contributed by atoms with Crippen LogP contribution in [-0.2, 0) is 20.9 Å². The van der Waals surface area contributed by atoms with Gasteiger partial charge < -0.3 is 43.6 Å². The Morgan fingerprint density at radius 2 is 1.61 bits per heavy atom. The van der Waals surface area contributed by atoms with Crippen molar-refractivity contribution in [2.24, 2.45) is 22.9 Å². The molecule has 374 valence electrons. The molecule has 7 rings (SSSR count). The summed E-state index contributed by atoms with van der Waals surface area (Å²) in [5.41, 5.74) is 3.33. The number of aliphatic hydroxyl groups excluding tert-OH is 2. The second kappa shape index (κ2) is 25.4. The molecule has 4 aliphatic rings. The maximum Gasteiger partial charge on any atom is 0.273 e. The number of hydrogen-bond acceptors (Lipinski definition) is 12. The van der Waals surface area contributed by atoms with Crippen LogP contribution in [0.5, 0.6) is 28.7 Å². The lowest BCUT2D eigenvalue weighted by Crippen LogP contribution is -2.70. The highest BCUT2D eigenvalue weighted by Gasteiger charge is 2.65. The zero-order valence-corrected chi connectivity index (χ0v) is 40.7. The second-order valence-corrected chi connectivity index (χ2v) is 18.8. The number of nitro groups is 1. The van der Waals surface area contributed by atoms with Crippen LogP contribution in [0.4, 0.5) is 5.69 Å². The van der Waals surface area contributed by atoms with Crippen molar-refractivity contribution < 1.29 is 48.5 Å². The number of amides is 1. The number of benzene rings is 3. The Morgan fingerprint density at radius 1 is 0.884 bits per heavy atom. The minimum absolute atomic E-state index is 0.00140. The summed E-state index contributed by atoms with van der Waals surface area (Å²) in [4.78, 5) is 34.5. The van der Waals surface area contributed by atoms with Crippen molar-refractivity contribution in [2.75, 3.05) is 33.2 Å². The number of oxime groups is 1. The molecule has 0 spiro atoms. The zero-order valence-electron chi connectivity index (χ0n) is 40.7. The molecule has 1 saturated carbocycles. The van der Waals surface area contributed by atoms with Crippen LogP contribution in [0.15, 0.2) is 90.1 Å². The first-order valence-electron chi connectivity index (χ1n) is 25.6. The van der Waals surface area contributed by atoms with E-state index in [0.717, 1.165) is 73.8 Å². The summed E-state index contributed by atoms with van der Waals surface area (Å²) in [6, 6.07) is 16.9. The minimum atomic E-state index is -1.44. The van der Waals surface area contributed by atoms with Gasteiger partial charge in [0, 0.05) is 50.1 Å². The molecule has 0 aromatic heterocycles. The van der Waals surface area contributed by atoms with Gasteiger partial charge in [0.2, 0.25) is 18.5 Å². The van der Waals surface area contributed by atoms with E-state index in [4.69, 9.17) is 33.7 Å². The monoisotopic (exact) mass is 952 g/mol. The number of non-ortho nitro benzene ring substituents is 1. The highest BCUT2D eigenvalue weighted by molar-refractivity contribution is 6.03. The van der Waals surface area contributed by atoms with Gasteiger partial charge in [-0.3, -0.25) is 14.9 Å². The van der Waals surface area contributed by atoms with Crippen LogP contribution in [-0.4, -0.2) is 76.7 Å². The van der Waals surface area contributed by atoms with Crippen LogP contribution in [0.1, 0.15) is 140 Å². The fourth-order valence-electron chi connectivity index (χ4n) is 11.0. The lowest BCUT2D eigenvalue weighted by molar-refractivity contribution is -0.384. The first kappa shape index (κ1) is 51.4. The van der Waals surface area contributed by atoms with E-state index in [2.05, 4.69) is 19.6 Å². The molecule has 6 atom stereocenters. The summed E-state index contributed by atoms with van der Waals surface area (Å²) in [6.45, 7) is 9.21. The van der Waals surface area contributed by atoms with Gasteiger partial charge in [-0.2, -0.15) is 0 Å². The van der Waals surface area contributed by atoms with Gasteiger partial charge in [0.25, 0.3) is 5.69 Å². The topological polar surface area (TPSA) is 172 Å². The quantitative estimate of drug-likeness (QED) is 0.0294. The minimum Gasteiger partial charge on any atom is -0.459 e. The summed E-state index contributed by atoms with van der Waals surface area (Å²) in [7, 11) is 0.